The van der Waals surface area contributed by atoms with E-state index in [2.05, 4.69) is 4.74 Å². The molecule has 0 bridgehead atoms. The van der Waals surface area contributed by atoms with Crippen molar-refractivity contribution in [1.29, 1.82) is 0 Å². The number of hydrogen-bond donors (Lipinski definition) is 0. The molecule has 1 saturated carbocycles. The van der Waals surface area contributed by atoms with Gasteiger partial charge in [0.1, 0.15) is 12.8 Å². The largest absolute Gasteiger partial charge is 0.468 e. The lowest BCUT2D eigenvalue weighted by Gasteiger charge is -2.30. The Labute approximate surface area is 220 Å². The number of hydroxylamine groups is 2. The molecule has 0 aromatic heterocycles. The molecular formula is C24H35N3O9S. The van der Waals surface area contributed by atoms with Crippen LogP contribution >= 0.6 is 11.8 Å². The molecule has 0 aromatic rings. The lowest BCUT2D eigenvalue weighted by molar-refractivity contribution is -0.197. The fourth-order valence-corrected chi connectivity index (χ4v) is 5.35. The summed E-state index contributed by atoms with van der Waals surface area (Å²) < 4.78 is 4.54. The predicted molar refractivity (Wildman–Crippen MR) is 131 cm³/mol. The van der Waals surface area contributed by atoms with Gasteiger partial charge in [-0.15, -0.1) is 11.8 Å². The first-order valence-corrected chi connectivity index (χ1v) is 13.3. The van der Waals surface area contributed by atoms with Crippen molar-refractivity contribution in [2.24, 2.45) is 11.8 Å². The quantitative estimate of drug-likeness (QED) is 0.149. The van der Waals surface area contributed by atoms with Gasteiger partial charge < -0.3 is 19.3 Å². The van der Waals surface area contributed by atoms with Crippen molar-refractivity contribution in [3.8, 4) is 0 Å². The number of nitrogens with zero attached hydrogens (tertiary/aromatic N) is 3. The zero-order valence-corrected chi connectivity index (χ0v) is 22.3. The number of carbonyl (C=O) groups excluding carboxylic acids is 7. The highest BCUT2D eigenvalue weighted by Crippen LogP contribution is 2.33. The van der Waals surface area contributed by atoms with E-state index in [4.69, 9.17) is 4.84 Å². The van der Waals surface area contributed by atoms with Gasteiger partial charge in [-0.3, -0.25) is 28.9 Å². The van der Waals surface area contributed by atoms with Gasteiger partial charge in [-0.2, -0.15) is 5.06 Å². The number of aldehydes is 1. The summed E-state index contributed by atoms with van der Waals surface area (Å²) in [4.78, 5) is 91.0. The Hall–Kier alpha value is -2.96. The van der Waals surface area contributed by atoms with Crippen molar-refractivity contribution in [3.63, 3.8) is 0 Å². The third-order valence-corrected chi connectivity index (χ3v) is 7.74. The Kier molecular flexibility index (Phi) is 12.0. The predicted octanol–water partition coefficient (Wildman–Crippen LogP) is 0.571. The van der Waals surface area contributed by atoms with E-state index < -0.39 is 23.1 Å². The van der Waals surface area contributed by atoms with Crippen molar-refractivity contribution in [2.75, 3.05) is 40.0 Å². The van der Waals surface area contributed by atoms with E-state index in [-0.39, 0.29) is 61.8 Å². The van der Waals surface area contributed by atoms with Crippen LogP contribution in [0, 0.1) is 11.8 Å². The number of hydrogen-bond acceptors (Lipinski definition) is 10. The SMILES string of the molecule is COC(=O)CN(C)C(=O)CCSC1CC(=O)N(CC2CCC(C(=O)ON(C)C(=O)CCC=O)CC2)C1=O. The van der Waals surface area contributed by atoms with E-state index in [1.54, 1.807) is 0 Å². The average Bonchev–Trinajstić information content (AvgIpc) is 3.14. The molecular weight excluding hydrogens is 506 g/mol. The Morgan fingerprint density at radius 3 is 2.35 bits per heavy atom. The Balaban J connectivity index is 1.74. The summed E-state index contributed by atoms with van der Waals surface area (Å²) >= 11 is 1.26. The summed E-state index contributed by atoms with van der Waals surface area (Å²) in [6.07, 6.45) is 3.20. The molecule has 1 atom stereocenters. The van der Waals surface area contributed by atoms with Gasteiger partial charge in [0.05, 0.1) is 18.3 Å². The number of thioether (sulfide) groups is 1. The number of methoxy groups -OCH3 is 1. The summed E-state index contributed by atoms with van der Waals surface area (Å²) in [6.45, 7) is 0.145. The van der Waals surface area contributed by atoms with Crippen LogP contribution in [0.1, 0.15) is 51.4 Å². The average molecular weight is 542 g/mol. The molecule has 2 fully saturated rings. The van der Waals surface area contributed by atoms with Crippen LogP contribution < -0.4 is 0 Å². The van der Waals surface area contributed by atoms with Crippen molar-refractivity contribution >= 4 is 53.6 Å². The van der Waals surface area contributed by atoms with Crippen molar-refractivity contribution in [2.45, 2.75) is 56.6 Å². The number of esters is 1. The standard InChI is InChI=1S/C24H35N3O9S/c1-25(15-22(32)35-3)19(29)10-12-37-18-13-21(31)27(23(18)33)14-16-6-8-17(9-7-16)24(34)36-26(2)20(30)5-4-11-28/h11,16-18H,4-10,12-15H2,1-3H3. The van der Waals surface area contributed by atoms with Gasteiger partial charge in [0.2, 0.25) is 17.7 Å². The molecule has 4 amide bonds. The second-order valence-electron chi connectivity index (χ2n) is 9.21. The van der Waals surface area contributed by atoms with Crippen LogP contribution in [0.5, 0.6) is 0 Å². The third kappa shape index (κ3) is 9.13. The maximum absolute atomic E-state index is 12.8. The smallest absolute Gasteiger partial charge is 0.335 e. The molecule has 0 N–H and O–H groups in total. The topological polar surface area (TPSA) is 148 Å². The molecule has 12 nitrogen and oxygen atoms in total. The number of ether oxygens (including phenoxy) is 1. The molecule has 0 spiro atoms. The lowest BCUT2D eigenvalue weighted by Crippen LogP contribution is -2.38. The van der Waals surface area contributed by atoms with Crippen LogP contribution in [0.25, 0.3) is 0 Å². The van der Waals surface area contributed by atoms with Crippen LogP contribution in [0.3, 0.4) is 0 Å². The maximum atomic E-state index is 12.8. The summed E-state index contributed by atoms with van der Waals surface area (Å²) in [5, 5.41) is 0.326. The highest BCUT2D eigenvalue weighted by Gasteiger charge is 2.40. The van der Waals surface area contributed by atoms with Crippen LogP contribution in [0.15, 0.2) is 0 Å². The molecule has 1 saturated heterocycles. The van der Waals surface area contributed by atoms with Gasteiger partial charge in [0, 0.05) is 52.1 Å². The first-order chi connectivity index (χ1) is 17.6. The minimum Gasteiger partial charge on any atom is -0.468 e. The Morgan fingerprint density at radius 1 is 1.05 bits per heavy atom. The molecule has 1 aliphatic carbocycles. The van der Waals surface area contributed by atoms with E-state index in [0.29, 0.717) is 44.3 Å². The monoisotopic (exact) mass is 541 g/mol. The van der Waals surface area contributed by atoms with Crippen molar-refractivity contribution in [1.82, 2.24) is 14.9 Å². The molecule has 37 heavy (non-hydrogen) atoms. The van der Waals surface area contributed by atoms with Gasteiger partial charge in [0.15, 0.2) is 0 Å². The number of rotatable bonds is 12. The number of likely N-dealkylation sites (N-methyl/N-ethyl adjacent to an activating group) is 1. The molecule has 13 heteroatoms. The van der Waals surface area contributed by atoms with Crippen molar-refractivity contribution < 1.29 is 43.1 Å². The molecule has 1 unspecified atom stereocenters. The van der Waals surface area contributed by atoms with E-state index in [0.717, 1.165) is 5.06 Å². The molecule has 0 aromatic carbocycles. The summed E-state index contributed by atoms with van der Waals surface area (Å²) in [7, 11) is 4.08. The number of carbonyl (C=O) groups is 7. The number of amides is 4. The minimum atomic E-state index is -0.537. The fourth-order valence-electron chi connectivity index (χ4n) is 4.24. The van der Waals surface area contributed by atoms with Crippen molar-refractivity contribution in [3.05, 3.63) is 0 Å². The molecule has 1 heterocycles. The summed E-state index contributed by atoms with van der Waals surface area (Å²) in [5.41, 5.74) is 0. The normalized spacial score (nSPS) is 21.4. The van der Waals surface area contributed by atoms with Gasteiger partial charge in [-0.1, -0.05) is 0 Å². The Morgan fingerprint density at radius 2 is 1.73 bits per heavy atom. The van der Waals surface area contributed by atoms with Gasteiger partial charge >= 0.3 is 11.9 Å². The molecule has 2 rings (SSSR count). The number of imide groups is 1. The molecule has 1 aliphatic heterocycles. The number of likely N-dealkylation sites (tertiary alicyclic amines) is 1. The minimum absolute atomic E-state index is 0.0278. The maximum Gasteiger partial charge on any atom is 0.335 e. The highest BCUT2D eigenvalue weighted by atomic mass is 32.2. The van der Waals surface area contributed by atoms with E-state index >= 15 is 0 Å². The second-order valence-corrected chi connectivity index (χ2v) is 10.5. The molecule has 0 radical (unpaired) electrons. The first kappa shape index (κ1) is 30.3. The Bertz CT molecular complexity index is 889. The van der Waals surface area contributed by atoms with Gasteiger partial charge in [-0.05, 0) is 31.6 Å². The fraction of sp³-hybridized carbons (Fsp3) is 0.708. The summed E-state index contributed by atoms with van der Waals surface area (Å²) in [6, 6.07) is 0. The lowest BCUT2D eigenvalue weighted by atomic mass is 9.82. The summed E-state index contributed by atoms with van der Waals surface area (Å²) in [5.74, 6) is -2.19. The molecule has 2 aliphatic rings. The second kappa shape index (κ2) is 14.7. The molecule has 206 valence electrons. The zero-order chi connectivity index (χ0) is 27.5. The van der Waals surface area contributed by atoms with E-state index in [9.17, 15) is 33.6 Å². The van der Waals surface area contributed by atoms with Crippen LogP contribution in [0.4, 0.5) is 0 Å². The van der Waals surface area contributed by atoms with Crippen LogP contribution in [-0.2, 0) is 43.1 Å². The van der Waals surface area contributed by atoms with Crippen LogP contribution in [-0.4, -0.2) is 102 Å². The zero-order valence-electron chi connectivity index (χ0n) is 21.5. The first-order valence-electron chi connectivity index (χ1n) is 12.3. The van der Waals surface area contributed by atoms with Gasteiger partial charge in [0.25, 0.3) is 5.91 Å². The van der Waals surface area contributed by atoms with E-state index in [1.807, 2.05) is 0 Å². The highest BCUT2D eigenvalue weighted by molar-refractivity contribution is 8.00. The third-order valence-electron chi connectivity index (χ3n) is 6.53. The van der Waals surface area contributed by atoms with Gasteiger partial charge in [-0.25, -0.2) is 4.79 Å². The van der Waals surface area contributed by atoms with Crippen LogP contribution in [0.2, 0.25) is 0 Å². The van der Waals surface area contributed by atoms with E-state index in [1.165, 1.54) is 42.8 Å².